The summed E-state index contributed by atoms with van der Waals surface area (Å²) in [6.45, 7) is 8.89. The number of methoxy groups -OCH3 is 1. The SMILES string of the molecule is COc1ccc(-c2cccc3c2CCN(C(=O)C(C)(C)C)[C@@H]3C)cc1. The number of fused-ring (bicyclic) bond motifs is 1. The van der Waals surface area contributed by atoms with Gasteiger partial charge in [-0.3, -0.25) is 4.79 Å². The maximum atomic E-state index is 12.8. The van der Waals surface area contributed by atoms with Crippen LogP contribution < -0.4 is 4.74 Å². The molecule has 0 spiro atoms. The Morgan fingerprint density at radius 2 is 1.80 bits per heavy atom. The topological polar surface area (TPSA) is 29.5 Å². The van der Waals surface area contributed by atoms with Crippen LogP contribution in [0.25, 0.3) is 11.1 Å². The average molecular weight is 337 g/mol. The van der Waals surface area contributed by atoms with Crippen molar-refractivity contribution in [2.45, 2.75) is 40.2 Å². The number of hydrogen-bond acceptors (Lipinski definition) is 2. The highest BCUT2D eigenvalue weighted by Crippen LogP contribution is 2.37. The number of ether oxygens (including phenoxy) is 1. The quantitative estimate of drug-likeness (QED) is 0.783. The van der Waals surface area contributed by atoms with Crippen molar-refractivity contribution in [1.29, 1.82) is 0 Å². The molecule has 1 aliphatic heterocycles. The molecule has 2 aromatic carbocycles. The highest BCUT2D eigenvalue weighted by atomic mass is 16.5. The van der Waals surface area contributed by atoms with Gasteiger partial charge in [0, 0.05) is 12.0 Å². The number of carbonyl (C=O) groups is 1. The first kappa shape index (κ1) is 17.5. The third kappa shape index (κ3) is 3.28. The maximum Gasteiger partial charge on any atom is 0.228 e. The summed E-state index contributed by atoms with van der Waals surface area (Å²) in [7, 11) is 1.68. The van der Waals surface area contributed by atoms with Gasteiger partial charge in [0.2, 0.25) is 5.91 Å². The van der Waals surface area contributed by atoms with Gasteiger partial charge in [-0.05, 0) is 47.7 Å². The van der Waals surface area contributed by atoms with Crippen LogP contribution in [-0.4, -0.2) is 24.5 Å². The van der Waals surface area contributed by atoms with E-state index >= 15 is 0 Å². The van der Waals surface area contributed by atoms with Gasteiger partial charge in [0.15, 0.2) is 0 Å². The van der Waals surface area contributed by atoms with Gasteiger partial charge in [-0.1, -0.05) is 51.1 Å². The molecule has 1 aliphatic rings. The molecule has 0 N–H and O–H groups in total. The van der Waals surface area contributed by atoms with Crippen LogP contribution in [0.1, 0.15) is 44.9 Å². The van der Waals surface area contributed by atoms with Crippen molar-refractivity contribution in [3.63, 3.8) is 0 Å². The molecule has 0 saturated carbocycles. The summed E-state index contributed by atoms with van der Waals surface area (Å²) in [5.41, 5.74) is 4.73. The zero-order valence-corrected chi connectivity index (χ0v) is 15.8. The lowest BCUT2D eigenvalue weighted by atomic mass is 9.85. The molecule has 132 valence electrons. The minimum absolute atomic E-state index is 0.105. The number of rotatable bonds is 2. The van der Waals surface area contributed by atoms with Crippen LogP contribution in [0, 0.1) is 5.41 Å². The van der Waals surface area contributed by atoms with E-state index in [9.17, 15) is 4.79 Å². The van der Waals surface area contributed by atoms with E-state index in [-0.39, 0.29) is 17.4 Å². The number of amides is 1. The first-order valence-corrected chi connectivity index (χ1v) is 8.90. The Balaban J connectivity index is 1.98. The van der Waals surface area contributed by atoms with E-state index in [1.165, 1.54) is 22.3 Å². The molecular formula is C22H27NO2. The van der Waals surface area contributed by atoms with Gasteiger partial charge in [-0.2, -0.15) is 0 Å². The third-order valence-corrected chi connectivity index (χ3v) is 5.04. The molecule has 0 unspecified atom stereocenters. The predicted molar refractivity (Wildman–Crippen MR) is 102 cm³/mol. The Labute approximate surface area is 150 Å². The maximum absolute atomic E-state index is 12.8. The zero-order chi connectivity index (χ0) is 18.2. The van der Waals surface area contributed by atoms with Crippen LogP contribution in [-0.2, 0) is 11.2 Å². The molecule has 1 atom stereocenters. The van der Waals surface area contributed by atoms with E-state index in [2.05, 4.69) is 37.3 Å². The molecule has 0 fully saturated rings. The monoisotopic (exact) mass is 337 g/mol. The number of nitrogens with zero attached hydrogens (tertiary/aromatic N) is 1. The zero-order valence-electron chi connectivity index (χ0n) is 15.8. The second-order valence-corrected chi connectivity index (χ2v) is 7.78. The minimum atomic E-state index is -0.348. The van der Waals surface area contributed by atoms with E-state index in [1.807, 2.05) is 37.8 Å². The van der Waals surface area contributed by atoms with Crippen molar-refractivity contribution in [2.24, 2.45) is 5.41 Å². The second-order valence-electron chi connectivity index (χ2n) is 7.78. The predicted octanol–water partition coefficient (Wildman–Crippen LogP) is 4.85. The van der Waals surface area contributed by atoms with Crippen molar-refractivity contribution in [2.75, 3.05) is 13.7 Å². The van der Waals surface area contributed by atoms with E-state index in [1.54, 1.807) is 7.11 Å². The molecule has 0 radical (unpaired) electrons. The summed E-state index contributed by atoms with van der Waals surface area (Å²) in [4.78, 5) is 14.8. The molecule has 3 nitrogen and oxygen atoms in total. The first-order chi connectivity index (χ1) is 11.8. The Hall–Kier alpha value is -2.29. The fourth-order valence-electron chi connectivity index (χ4n) is 3.62. The van der Waals surface area contributed by atoms with E-state index < -0.39 is 0 Å². The lowest BCUT2D eigenvalue weighted by molar-refractivity contribution is -0.142. The molecule has 2 aromatic rings. The molecule has 3 heteroatoms. The summed E-state index contributed by atoms with van der Waals surface area (Å²) in [6.07, 6.45) is 0.893. The molecular weight excluding hydrogens is 310 g/mol. The van der Waals surface area contributed by atoms with Crippen molar-refractivity contribution in [3.8, 4) is 16.9 Å². The minimum Gasteiger partial charge on any atom is -0.497 e. The lowest BCUT2D eigenvalue weighted by Crippen LogP contribution is -2.44. The summed E-state index contributed by atoms with van der Waals surface area (Å²) >= 11 is 0. The van der Waals surface area contributed by atoms with Crippen LogP contribution in [0.2, 0.25) is 0 Å². The second kappa shape index (κ2) is 6.55. The van der Waals surface area contributed by atoms with E-state index in [4.69, 9.17) is 4.74 Å². The standard InChI is InChI=1S/C22H27NO2/c1-15-18-7-6-8-19(16-9-11-17(25-5)12-10-16)20(18)13-14-23(15)21(24)22(2,3)4/h6-12,15H,13-14H2,1-5H3/t15-/m1/s1. The normalized spacial score (nSPS) is 17.2. The fourth-order valence-corrected chi connectivity index (χ4v) is 3.62. The highest BCUT2D eigenvalue weighted by Gasteiger charge is 2.34. The molecule has 0 aromatic heterocycles. The molecule has 25 heavy (non-hydrogen) atoms. The Bertz CT molecular complexity index is 772. The van der Waals surface area contributed by atoms with Gasteiger partial charge in [-0.15, -0.1) is 0 Å². The first-order valence-electron chi connectivity index (χ1n) is 8.90. The molecule has 1 heterocycles. The Kier molecular flexibility index (Phi) is 4.59. The van der Waals surface area contributed by atoms with Crippen molar-refractivity contribution in [1.82, 2.24) is 4.90 Å². The lowest BCUT2D eigenvalue weighted by Gasteiger charge is -2.39. The largest absolute Gasteiger partial charge is 0.497 e. The van der Waals surface area contributed by atoms with Gasteiger partial charge < -0.3 is 9.64 Å². The summed E-state index contributed by atoms with van der Waals surface area (Å²) < 4.78 is 5.26. The van der Waals surface area contributed by atoms with Gasteiger partial charge in [0.05, 0.1) is 13.2 Å². The summed E-state index contributed by atoms with van der Waals surface area (Å²) in [6, 6.07) is 14.7. The molecule has 0 saturated heterocycles. The Morgan fingerprint density at radius 1 is 1.12 bits per heavy atom. The average Bonchev–Trinajstić information content (AvgIpc) is 2.60. The van der Waals surface area contributed by atoms with Crippen molar-refractivity contribution >= 4 is 5.91 Å². The number of hydrogen-bond donors (Lipinski definition) is 0. The fraction of sp³-hybridized carbons (Fsp3) is 0.409. The van der Waals surface area contributed by atoms with E-state index in [0.717, 1.165) is 18.7 Å². The summed E-state index contributed by atoms with van der Waals surface area (Å²) in [5.74, 6) is 1.09. The number of benzene rings is 2. The van der Waals surface area contributed by atoms with Crippen molar-refractivity contribution in [3.05, 3.63) is 53.6 Å². The van der Waals surface area contributed by atoms with Crippen LogP contribution >= 0.6 is 0 Å². The van der Waals surface area contributed by atoms with Gasteiger partial charge in [0.25, 0.3) is 0 Å². The highest BCUT2D eigenvalue weighted by molar-refractivity contribution is 5.82. The van der Waals surface area contributed by atoms with Gasteiger partial charge >= 0.3 is 0 Å². The molecule has 1 amide bonds. The number of carbonyl (C=O) groups excluding carboxylic acids is 1. The van der Waals surface area contributed by atoms with Crippen LogP contribution in [0.15, 0.2) is 42.5 Å². The smallest absolute Gasteiger partial charge is 0.228 e. The van der Waals surface area contributed by atoms with Gasteiger partial charge in [0.1, 0.15) is 5.75 Å². The van der Waals surface area contributed by atoms with Gasteiger partial charge in [-0.25, -0.2) is 0 Å². The molecule has 0 aliphatic carbocycles. The van der Waals surface area contributed by atoms with E-state index in [0.29, 0.717) is 0 Å². The van der Waals surface area contributed by atoms with Crippen LogP contribution in [0.3, 0.4) is 0 Å². The Morgan fingerprint density at radius 3 is 2.40 bits per heavy atom. The van der Waals surface area contributed by atoms with Crippen molar-refractivity contribution < 1.29 is 9.53 Å². The van der Waals surface area contributed by atoms with Crippen LogP contribution in [0.4, 0.5) is 0 Å². The summed E-state index contributed by atoms with van der Waals surface area (Å²) in [5, 5.41) is 0. The third-order valence-electron chi connectivity index (χ3n) is 5.04. The molecule has 3 rings (SSSR count). The molecule has 0 bridgehead atoms. The van der Waals surface area contributed by atoms with Crippen LogP contribution in [0.5, 0.6) is 5.75 Å².